The van der Waals surface area contributed by atoms with E-state index in [2.05, 4.69) is 9.88 Å². The Morgan fingerprint density at radius 1 is 1.24 bits per heavy atom. The van der Waals surface area contributed by atoms with Gasteiger partial charge in [0.2, 0.25) is 5.78 Å². The van der Waals surface area contributed by atoms with E-state index in [1.54, 1.807) is 18.2 Å². The first-order valence-corrected chi connectivity index (χ1v) is 9.07. The zero-order valence-electron chi connectivity index (χ0n) is 14.1. The fourth-order valence-corrected chi connectivity index (χ4v) is 3.36. The maximum absolute atomic E-state index is 12.1. The molecule has 2 aromatic rings. The van der Waals surface area contributed by atoms with Crippen LogP contribution in [-0.4, -0.2) is 49.6 Å². The number of morpholine rings is 1. The van der Waals surface area contributed by atoms with Gasteiger partial charge in [-0.05, 0) is 30.7 Å². The number of nitrogens with zero attached hydrogens (tertiary/aromatic N) is 2. The third kappa shape index (κ3) is 4.43. The van der Waals surface area contributed by atoms with Crippen molar-refractivity contribution in [2.75, 3.05) is 37.8 Å². The van der Waals surface area contributed by atoms with Crippen LogP contribution < -0.4 is 4.90 Å². The van der Waals surface area contributed by atoms with E-state index in [4.69, 9.17) is 9.47 Å². The number of Topliss-reactive ketones (excluding diaryl/α,β-unsaturated/α-hetero) is 1. The number of ketones is 1. The average molecular weight is 360 g/mol. The maximum Gasteiger partial charge on any atom is 0.340 e. The summed E-state index contributed by atoms with van der Waals surface area (Å²) in [5.74, 6) is 0.0826. The largest absolute Gasteiger partial charge is 0.454 e. The molecule has 1 aliphatic heterocycles. The lowest BCUT2D eigenvalue weighted by Gasteiger charge is -2.27. The highest BCUT2D eigenvalue weighted by atomic mass is 32.1. The number of hydrogen-bond acceptors (Lipinski definition) is 7. The van der Waals surface area contributed by atoms with Gasteiger partial charge in [-0.15, -0.1) is 11.3 Å². The molecule has 3 rings (SSSR count). The van der Waals surface area contributed by atoms with Crippen LogP contribution in [0, 0.1) is 0 Å². The second kappa shape index (κ2) is 8.22. The number of esters is 1. The average Bonchev–Trinajstić information content (AvgIpc) is 3.16. The van der Waals surface area contributed by atoms with Crippen LogP contribution in [-0.2, 0) is 15.9 Å². The number of carbonyl (C=O) groups excluding carboxylic acids is 2. The molecule has 3 heterocycles. The minimum absolute atomic E-state index is 0.184. The highest BCUT2D eigenvalue weighted by Crippen LogP contribution is 2.18. The first kappa shape index (κ1) is 17.6. The molecule has 0 N–H and O–H groups in total. The van der Waals surface area contributed by atoms with E-state index in [-0.39, 0.29) is 12.4 Å². The summed E-state index contributed by atoms with van der Waals surface area (Å²) in [6.07, 6.45) is 2.37. The van der Waals surface area contributed by atoms with Crippen molar-refractivity contribution in [3.63, 3.8) is 0 Å². The molecule has 0 amide bonds. The molecular weight excluding hydrogens is 340 g/mol. The number of ether oxygens (including phenoxy) is 2. The number of carbonyl (C=O) groups is 2. The van der Waals surface area contributed by atoms with Crippen LogP contribution in [0.15, 0.2) is 30.5 Å². The predicted molar refractivity (Wildman–Crippen MR) is 95.6 cm³/mol. The van der Waals surface area contributed by atoms with Crippen molar-refractivity contribution >= 4 is 28.9 Å². The molecule has 2 aromatic heterocycles. The molecule has 6 nitrogen and oxygen atoms in total. The summed E-state index contributed by atoms with van der Waals surface area (Å²) < 4.78 is 10.4. The second-order valence-corrected chi connectivity index (χ2v) is 6.79. The van der Waals surface area contributed by atoms with Crippen LogP contribution >= 0.6 is 11.3 Å². The minimum Gasteiger partial charge on any atom is -0.454 e. The standard InChI is InChI=1S/C18H20N2O4S/c1-2-14-4-5-16(25-14)15(21)12-24-18(22)13-3-6-17(19-11-13)20-7-9-23-10-8-20/h3-6,11H,2,7-10,12H2,1H3. The summed E-state index contributed by atoms with van der Waals surface area (Å²) in [5, 5.41) is 0. The number of aryl methyl sites for hydroxylation is 1. The van der Waals surface area contributed by atoms with Crippen LogP contribution in [0.2, 0.25) is 0 Å². The van der Waals surface area contributed by atoms with Gasteiger partial charge in [-0.25, -0.2) is 9.78 Å². The zero-order chi connectivity index (χ0) is 17.6. The van der Waals surface area contributed by atoms with Gasteiger partial charge >= 0.3 is 5.97 Å². The topological polar surface area (TPSA) is 68.7 Å². The molecule has 0 saturated carbocycles. The molecule has 0 atom stereocenters. The Balaban J connectivity index is 1.54. The summed E-state index contributed by atoms with van der Waals surface area (Å²) >= 11 is 1.44. The van der Waals surface area contributed by atoms with Gasteiger partial charge in [-0.3, -0.25) is 4.79 Å². The van der Waals surface area contributed by atoms with E-state index >= 15 is 0 Å². The van der Waals surface area contributed by atoms with Gasteiger partial charge in [0.05, 0.1) is 23.7 Å². The highest BCUT2D eigenvalue weighted by Gasteiger charge is 2.16. The highest BCUT2D eigenvalue weighted by molar-refractivity contribution is 7.14. The molecule has 0 aromatic carbocycles. The Hall–Kier alpha value is -2.25. The van der Waals surface area contributed by atoms with Crippen LogP contribution in [0.1, 0.15) is 31.8 Å². The molecule has 1 aliphatic rings. The Labute approximate surface area is 150 Å². The molecule has 7 heteroatoms. The first-order chi connectivity index (χ1) is 12.2. The van der Waals surface area contributed by atoms with Crippen LogP contribution in [0.4, 0.5) is 5.82 Å². The molecule has 0 spiro atoms. The minimum atomic E-state index is -0.540. The molecular formula is C18H20N2O4S. The van der Waals surface area contributed by atoms with Crippen LogP contribution in [0.3, 0.4) is 0 Å². The number of anilines is 1. The molecule has 25 heavy (non-hydrogen) atoms. The fraction of sp³-hybridized carbons (Fsp3) is 0.389. The van der Waals surface area contributed by atoms with E-state index < -0.39 is 5.97 Å². The number of thiophene rings is 1. The first-order valence-electron chi connectivity index (χ1n) is 8.25. The van der Waals surface area contributed by atoms with Gasteiger partial charge in [0, 0.05) is 24.2 Å². The van der Waals surface area contributed by atoms with E-state index in [0.717, 1.165) is 30.2 Å². The Bertz CT molecular complexity index is 736. The van der Waals surface area contributed by atoms with Crippen LogP contribution in [0.25, 0.3) is 0 Å². The molecule has 1 saturated heterocycles. The van der Waals surface area contributed by atoms with Crippen molar-refractivity contribution in [2.24, 2.45) is 0 Å². The van der Waals surface area contributed by atoms with Gasteiger partial charge in [-0.1, -0.05) is 6.92 Å². The number of aromatic nitrogens is 1. The SMILES string of the molecule is CCc1ccc(C(=O)COC(=O)c2ccc(N3CCOCC3)nc2)s1. The quantitative estimate of drug-likeness (QED) is 0.583. The van der Waals surface area contributed by atoms with Crippen molar-refractivity contribution in [2.45, 2.75) is 13.3 Å². The summed E-state index contributed by atoms with van der Waals surface area (Å²) in [6, 6.07) is 7.16. The van der Waals surface area contributed by atoms with Crippen molar-refractivity contribution in [3.8, 4) is 0 Å². The molecule has 1 fully saturated rings. The lowest BCUT2D eigenvalue weighted by Crippen LogP contribution is -2.36. The summed E-state index contributed by atoms with van der Waals surface area (Å²) in [5.41, 5.74) is 0.338. The normalized spacial score (nSPS) is 14.4. The molecule has 0 radical (unpaired) electrons. The molecule has 0 bridgehead atoms. The fourth-order valence-electron chi connectivity index (χ4n) is 2.49. The van der Waals surface area contributed by atoms with E-state index in [1.165, 1.54) is 17.5 Å². The van der Waals surface area contributed by atoms with Gasteiger partial charge in [0.25, 0.3) is 0 Å². The summed E-state index contributed by atoms with van der Waals surface area (Å²) in [6.45, 7) is 4.70. The van der Waals surface area contributed by atoms with Crippen LogP contribution in [0.5, 0.6) is 0 Å². The second-order valence-electron chi connectivity index (χ2n) is 5.62. The van der Waals surface area contributed by atoms with Crippen molar-refractivity contribution in [1.29, 1.82) is 0 Å². The van der Waals surface area contributed by atoms with Gasteiger partial charge in [0.15, 0.2) is 6.61 Å². The molecule has 132 valence electrons. The third-order valence-electron chi connectivity index (χ3n) is 3.94. The molecule has 0 aliphatic carbocycles. The summed E-state index contributed by atoms with van der Waals surface area (Å²) in [4.78, 5) is 32.3. The van der Waals surface area contributed by atoms with Gasteiger partial charge in [0.1, 0.15) is 5.82 Å². The van der Waals surface area contributed by atoms with E-state index in [1.807, 2.05) is 13.0 Å². The maximum atomic E-state index is 12.1. The lowest BCUT2D eigenvalue weighted by molar-refractivity contribution is 0.0475. The van der Waals surface area contributed by atoms with Gasteiger partial charge in [-0.2, -0.15) is 0 Å². The smallest absolute Gasteiger partial charge is 0.340 e. The van der Waals surface area contributed by atoms with Crippen molar-refractivity contribution < 1.29 is 19.1 Å². The van der Waals surface area contributed by atoms with E-state index in [0.29, 0.717) is 23.7 Å². The van der Waals surface area contributed by atoms with Crippen molar-refractivity contribution in [3.05, 3.63) is 45.8 Å². The Morgan fingerprint density at radius 3 is 2.68 bits per heavy atom. The number of rotatable bonds is 6. The lowest BCUT2D eigenvalue weighted by atomic mass is 10.2. The third-order valence-corrected chi connectivity index (χ3v) is 5.21. The Morgan fingerprint density at radius 2 is 2.04 bits per heavy atom. The number of pyridine rings is 1. The zero-order valence-corrected chi connectivity index (χ0v) is 14.9. The predicted octanol–water partition coefficient (Wildman–Crippen LogP) is 2.58. The van der Waals surface area contributed by atoms with E-state index in [9.17, 15) is 9.59 Å². The van der Waals surface area contributed by atoms with Crippen molar-refractivity contribution in [1.82, 2.24) is 4.98 Å². The monoisotopic (exact) mass is 360 g/mol. The molecule has 0 unspecified atom stereocenters. The Kier molecular flexibility index (Phi) is 5.78. The van der Waals surface area contributed by atoms with Gasteiger partial charge < -0.3 is 14.4 Å². The summed E-state index contributed by atoms with van der Waals surface area (Å²) in [7, 11) is 0. The number of hydrogen-bond donors (Lipinski definition) is 0.